The van der Waals surface area contributed by atoms with Gasteiger partial charge in [0.25, 0.3) is 0 Å². The van der Waals surface area contributed by atoms with Crippen LogP contribution < -0.4 is 10.2 Å². The number of nitrogens with zero attached hydrogens (tertiary/aromatic N) is 6. The van der Waals surface area contributed by atoms with Gasteiger partial charge in [-0.05, 0) is 49.3 Å². The van der Waals surface area contributed by atoms with Gasteiger partial charge in [0.15, 0.2) is 11.5 Å². The van der Waals surface area contributed by atoms with Gasteiger partial charge in [0.05, 0.1) is 0 Å². The van der Waals surface area contributed by atoms with Crippen LogP contribution in [0.3, 0.4) is 0 Å². The number of rotatable bonds is 4. The van der Waals surface area contributed by atoms with Crippen LogP contribution in [0, 0.1) is 18.8 Å². The van der Waals surface area contributed by atoms with Crippen LogP contribution in [0.1, 0.15) is 18.7 Å². The normalized spacial score (nSPS) is 23.2. The summed E-state index contributed by atoms with van der Waals surface area (Å²) in [6.07, 6.45) is 4.33. The summed E-state index contributed by atoms with van der Waals surface area (Å²) in [5, 5.41) is 12.3. The zero-order valence-electron chi connectivity index (χ0n) is 16.8. The van der Waals surface area contributed by atoms with E-state index in [4.69, 9.17) is 14.6 Å². The molecule has 4 heterocycles. The molecule has 0 unspecified atom stereocenters. The fraction of sp³-hybridized carbons (Fsp3) is 0.364. The van der Waals surface area contributed by atoms with Gasteiger partial charge in [0, 0.05) is 30.9 Å². The zero-order valence-corrected chi connectivity index (χ0v) is 16.8. The maximum atomic E-state index is 5.39. The molecule has 1 aliphatic carbocycles. The van der Waals surface area contributed by atoms with Crippen molar-refractivity contribution in [1.29, 1.82) is 0 Å². The van der Waals surface area contributed by atoms with Crippen molar-refractivity contribution < 1.29 is 4.52 Å². The molecule has 0 amide bonds. The van der Waals surface area contributed by atoms with E-state index in [1.807, 2.05) is 41.9 Å². The lowest BCUT2D eigenvalue weighted by Crippen LogP contribution is -2.48. The number of nitrogens with one attached hydrogen (secondary N) is 1. The van der Waals surface area contributed by atoms with Crippen LogP contribution in [0.4, 0.5) is 12.0 Å². The van der Waals surface area contributed by atoms with Crippen molar-refractivity contribution in [3.8, 4) is 11.1 Å². The summed E-state index contributed by atoms with van der Waals surface area (Å²) in [4.78, 5) is 11.5. The van der Waals surface area contributed by atoms with E-state index in [0.717, 1.165) is 29.9 Å². The second kappa shape index (κ2) is 6.83. The van der Waals surface area contributed by atoms with Gasteiger partial charge < -0.3 is 14.7 Å². The molecule has 2 fully saturated rings. The Kier molecular flexibility index (Phi) is 3.97. The molecule has 1 N–H and O–H groups in total. The van der Waals surface area contributed by atoms with Crippen LogP contribution in [-0.2, 0) is 0 Å². The zero-order chi connectivity index (χ0) is 20.1. The van der Waals surface area contributed by atoms with Crippen molar-refractivity contribution >= 4 is 17.6 Å². The monoisotopic (exact) mass is 401 g/mol. The van der Waals surface area contributed by atoms with Crippen LogP contribution in [0.25, 0.3) is 16.8 Å². The second-order valence-electron chi connectivity index (χ2n) is 8.29. The average molecular weight is 401 g/mol. The molecular formula is C22H23N7O. The molecule has 1 saturated carbocycles. The smallest absolute Gasteiger partial charge is 0.324 e. The molecule has 8 heteroatoms. The number of hydrogen-bond donors (Lipinski definition) is 1. The molecule has 30 heavy (non-hydrogen) atoms. The Morgan fingerprint density at radius 1 is 1.00 bits per heavy atom. The molecule has 3 aromatic heterocycles. The fourth-order valence-corrected chi connectivity index (χ4v) is 4.99. The summed E-state index contributed by atoms with van der Waals surface area (Å²) in [5.74, 6) is 2.40. The van der Waals surface area contributed by atoms with Crippen molar-refractivity contribution in [1.82, 2.24) is 24.7 Å². The predicted octanol–water partition coefficient (Wildman–Crippen LogP) is 3.41. The first-order chi connectivity index (χ1) is 14.7. The number of aromatic nitrogens is 5. The number of aryl methyl sites for hydroxylation is 1. The summed E-state index contributed by atoms with van der Waals surface area (Å²) in [7, 11) is 0. The fourth-order valence-electron chi connectivity index (χ4n) is 4.99. The van der Waals surface area contributed by atoms with E-state index in [1.165, 1.54) is 12.8 Å². The molecule has 1 aromatic carbocycles. The molecule has 2 bridgehead atoms. The quantitative estimate of drug-likeness (QED) is 0.561. The number of anilines is 2. The highest BCUT2D eigenvalue weighted by atomic mass is 16.5. The highest BCUT2D eigenvalue weighted by Crippen LogP contribution is 2.39. The van der Waals surface area contributed by atoms with Crippen molar-refractivity contribution in [3.63, 3.8) is 0 Å². The number of piperidine rings is 1. The summed E-state index contributed by atoms with van der Waals surface area (Å²) < 4.78 is 7.26. The first kappa shape index (κ1) is 17.4. The van der Waals surface area contributed by atoms with Crippen molar-refractivity contribution in [2.45, 2.75) is 25.8 Å². The number of benzene rings is 1. The van der Waals surface area contributed by atoms with Crippen LogP contribution in [0.15, 0.2) is 53.2 Å². The summed E-state index contributed by atoms with van der Waals surface area (Å²) in [6.45, 7) is 3.69. The molecule has 6 rings (SSSR count). The molecule has 1 saturated heterocycles. The van der Waals surface area contributed by atoms with Gasteiger partial charge in [-0.15, -0.1) is 5.10 Å². The molecule has 8 nitrogen and oxygen atoms in total. The third kappa shape index (κ3) is 2.91. The molecule has 0 spiro atoms. The molecule has 0 radical (unpaired) electrons. The van der Waals surface area contributed by atoms with Gasteiger partial charge in [-0.3, -0.25) is 0 Å². The van der Waals surface area contributed by atoms with Crippen LogP contribution in [0.5, 0.6) is 0 Å². The molecule has 2 aliphatic rings. The van der Waals surface area contributed by atoms with Crippen LogP contribution in [-0.4, -0.2) is 43.9 Å². The number of hydrogen-bond acceptors (Lipinski definition) is 7. The Hall–Kier alpha value is -3.42. The van der Waals surface area contributed by atoms with Crippen LogP contribution >= 0.6 is 0 Å². The molecular weight excluding hydrogens is 378 g/mol. The molecule has 4 aromatic rings. The Bertz CT molecular complexity index is 1170. The Labute approximate surface area is 173 Å². The third-order valence-electron chi connectivity index (χ3n) is 6.36. The van der Waals surface area contributed by atoms with E-state index in [2.05, 4.69) is 38.6 Å². The van der Waals surface area contributed by atoms with E-state index < -0.39 is 0 Å². The third-order valence-corrected chi connectivity index (χ3v) is 6.36. The van der Waals surface area contributed by atoms with Gasteiger partial charge in [0.1, 0.15) is 0 Å². The maximum Gasteiger partial charge on any atom is 0.324 e. The number of fused-ring (bicyclic) bond motifs is 3. The molecule has 1 aliphatic heterocycles. The van der Waals surface area contributed by atoms with Gasteiger partial charge in [-0.1, -0.05) is 35.5 Å². The molecule has 152 valence electrons. The van der Waals surface area contributed by atoms with Crippen molar-refractivity contribution in [3.05, 3.63) is 54.5 Å². The minimum absolute atomic E-state index is 0.364. The van der Waals surface area contributed by atoms with E-state index in [1.54, 1.807) is 0 Å². The minimum atomic E-state index is 0.364. The largest absolute Gasteiger partial charge is 0.349 e. The standard InChI is InChI=1S/C22H23N7O/c1-14-23-22(30-27-14)28-12-16-9-10-17(13-28)19(16)24-21-25-20-18(8-5-11-29(20)26-21)15-6-3-2-4-7-15/h2-8,11,16-17,19H,9-10,12-13H2,1H3,(H,24,26)/t16-,17+,19-. The lowest BCUT2D eigenvalue weighted by molar-refractivity contribution is 0.340. The summed E-state index contributed by atoms with van der Waals surface area (Å²) in [5.41, 5.74) is 3.10. The topological polar surface area (TPSA) is 84.4 Å². The van der Waals surface area contributed by atoms with E-state index in [0.29, 0.717) is 35.7 Å². The minimum Gasteiger partial charge on any atom is -0.349 e. The SMILES string of the molecule is Cc1noc(N2C[C@H]3CC[C@@H](C2)[C@@H]3Nc2nc3c(-c4ccccc4)cccn3n2)n1. The average Bonchev–Trinajstić information content (AvgIpc) is 3.44. The van der Waals surface area contributed by atoms with Gasteiger partial charge >= 0.3 is 6.01 Å². The predicted molar refractivity (Wildman–Crippen MR) is 113 cm³/mol. The van der Waals surface area contributed by atoms with E-state index in [9.17, 15) is 0 Å². The summed E-state index contributed by atoms with van der Waals surface area (Å²) >= 11 is 0. The first-order valence-corrected chi connectivity index (χ1v) is 10.5. The van der Waals surface area contributed by atoms with Crippen molar-refractivity contribution in [2.75, 3.05) is 23.3 Å². The lowest BCUT2D eigenvalue weighted by atomic mass is 9.92. The van der Waals surface area contributed by atoms with E-state index in [-0.39, 0.29) is 0 Å². The first-order valence-electron chi connectivity index (χ1n) is 10.5. The van der Waals surface area contributed by atoms with Gasteiger partial charge in [-0.2, -0.15) is 9.97 Å². The van der Waals surface area contributed by atoms with Crippen LogP contribution in [0.2, 0.25) is 0 Å². The molecule has 3 atom stereocenters. The van der Waals surface area contributed by atoms with E-state index >= 15 is 0 Å². The highest BCUT2D eigenvalue weighted by Gasteiger charge is 2.43. The Morgan fingerprint density at radius 2 is 1.80 bits per heavy atom. The van der Waals surface area contributed by atoms with Gasteiger partial charge in [0.2, 0.25) is 5.95 Å². The Morgan fingerprint density at radius 3 is 2.53 bits per heavy atom. The number of pyridine rings is 1. The maximum absolute atomic E-state index is 5.39. The lowest BCUT2D eigenvalue weighted by Gasteiger charge is -2.37. The second-order valence-corrected chi connectivity index (χ2v) is 8.29. The Balaban J connectivity index is 1.25. The summed E-state index contributed by atoms with van der Waals surface area (Å²) in [6, 6.07) is 15.4. The van der Waals surface area contributed by atoms with Crippen molar-refractivity contribution in [2.24, 2.45) is 11.8 Å². The van der Waals surface area contributed by atoms with Gasteiger partial charge in [-0.25, -0.2) is 4.52 Å². The highest BCUT2D eigenvalue weighted by molar-refractivity contribution is 5.77.